The molecule has 8 heteroatoms. The first-order valence-corrected chi connectivity index (χ1v) is 11.1. The number of nitrogens with zero attached hydrogens (tertiary/aromatic N) is 4. The predicted molar refractivity (Wildman–Crippen MR) is 124 cm³/mol. The van der Waals surface area contributed by atoms with Gasteiger partial charge in [0.25, 0.3) is 5.91 Å². The highest BCUT2D eigenvalue weighted by Crippen LogP contribution is 2.29. The van der Waals surface area contributed by atoms with E-state index in [1.165, 1.54) is 0 Å². The molecule has 3 heterocycles. The molecule has 0 bridgehead atoms. The second kappa shape index (κ2) is 9.53. The molecule has 166 valence electrons. The largest absolute Gasteiger partial charge is 0.449 e. The Bertz CT molecular complexity index is 1160. The molecule has 0 saturated carbocycles. The smallest absolute Gasteiger partial charge is 0.409 e. The average molecular weight is 453 g/mol. The summed E-state index contributed by atoms with van der Waals surface area (Å²) in [5.41, 5.74) is 3.75. The summed E-state index contributed by atoms with van der Waals surface area (Å²) in [6, 6.07) is 11.1. The average Bonchev–Trinajstić information content (AvgIpc) is 2.81. The summed E-state index contributed by atoms with van der Waals surface area (Å²) >= 11 is 6.51. The van der Waals surface area contributed by atoms with Crippen molar-refractivity contribution in [1.82, 2.24) is 19.8 Å². The van der Waals surface area contributed by atoms with Crippen LogP contribution >= 0.6 is 11.6 Å². The molecule has 1 aliphatic heterocycles. The maximum atomic E-state index is 13.1. The summed E-state index contributed by atoms with van der Waals surface area (Å²) in [5.74, 6) is -0.0865. The van der Waals surface area contributed by atoms with Gasteiger partial charge in [0, 0.05) is 54.6 Å². The molecule has 1 aromatic carbocycles. The summed E-state index contributed by atoms with van der Waals surface area (Å²) in [5, 5.41) is 1.37. The Hall–Kier alpha value is -3.19. The highest BCUT2D eigenvalue weighted by Gasteiger charge is 2.26. The fraction of sp³-hybridized carbons (Fsp3) is 0.333. The highest BCUT2D eigenvalue weighted by molar-refractivity contribution is 6.35. The molecule has 32 heavy (non-hydrogen) atoms. The zero-order valence-corrected chi connectivity index (χ0v) is 18.9. The molecule has 0 aliphatic carbocycles. The van der Waals surface area contributed by atoms with Gasteiger partial charge in [-0.25, -0.2) is 9.78 Å². The zero-order valence-electron chi connectivity index (χ0n) is 18.2. The van der Waals surface area contributed by atoms with Gasteiger partial charge in [-0.3, -0.25) is 9.78 Å². The quantitative estimate of drug-likeness (QED) is 0.579. The van der Waals surface area contributed by atoms with Gasteiger partial charge in [-0.15, -0.1) is 0 Å². The first-order chi connectivity index (χ1) is 15.5. The van der Waals surface area contributed by atoms with Gasteiger partial charge < -0.3 is 14.5 Å². The Kier molecular flexibility index (Phi) is 6.55. The third-order valence-electron chi connectivity index (χ3n) is 5.45. The molecule has 2 aromatic heterocycles. The van der Waals surface area contributed by atoms with E-state index in [4.69, 9.17) is 21.3 Å². The first-order valence-electron chi connectivity index (χ1n) is 10.7. The van der Waals surface area contributed by atoms with Crippen molar-refractivity contribution in [2.75, 3.05) is 32.8 Å². The van der Waals surface area contributed by atoms with E-state index in [0.29, 0.717) is 48.9 Å². The molecule has 0 atom stereocenters. The Morgan fingerprint density at radius 2 is 1.81 bits per heavy atom. The van der Waals surface area contributed by atoms with E-state index in [1.807, 2.05) is 38.1 Å². The van der Waals surface area contributed by atoms with Crippen LogP contribution in [0.15, 0.2) is 42.6 Å². The third-order valence-corrected chi connectivity index (χ3v) is 5.77. The van der Waals surface area contributed by atoms with Crippen molar-refractivity contribution in [3.8, 4) is 11.3 Å². The second-order valence-corrected chi connectivity index (χ2v) is 8.21. The van der Waals surface area contributed by atoms with Gasteiger partial charge in [-0.1, -0.05) is 24.6 Å². The van der Waals surface area contributed by atoms with Crippen molar-refractivity contribution in [2.24, 2.45) is 0 Å². The van der Waals surface area contributed by atoms with Gasteiger partial charge in [0.2, 0.25) is 0 Å². The van der Waals surface area contributed by atoms with Crippen molar-refractivity contribution in [3.63, 3.8) is 0 Å². The molecule has 0 radical (unpaired) electrons. The number of carbonyl (C=O) groups is 2. The second-order valence-electron chi connectivity index (χ2n) is 7.80. The number of aromatic nitrogens is 2. The number of carbonyl (C=O) groups excluding carboxylic acids is 2. The lowest BCUT2D eigenvalue weighted by Gasteiger charge is -2.34. The lowest BCUT2D eigenvalue weighted by Crippen LogP contribution is -2.50. The van der Waals surface area contributed by atoms with Gasteiger partial charge in [-0.2, -0.15) is 0 Å². The van der Waals surface area contributed by atoms with Gasteiger partial charge in [0.1, 0.15) is 0 Å². The van der Waals surface area contributed by atoms with Crippen LogP contribution in [0.2, 0.25) is 5.02 Å². The van der Waals surface area contributed by atoms with Crippen LogP contribution in [0.5, 0.6) is 0 Å². The van der Waals surface area contributed by atoms with Crippen molar-refractivity contribution < 1.29 is 14.3 Å². The van der Waals surface area contributed by atoms with Crippen LogP contribution in [-0.4, -0.2) is 64.6 Å². The van der Waals surface area contributed by atoms with Crippen molar-refractivity contribution in [1.29, 1.82) is 0 Å². The van der Waals surface area contributed by atoms with Gasteiger partial charge >= 0.3 is 6.09 Å². The lowest BCUT2D eigenvalue weighted by atomic mass is 10.1. The molecule has 4 rings (SSSR count). The number of amides is 2. The van der Waals surface area contributed by atoms with E-state index in [0.717, 1.165) is 28.8 Å². The standard InChI is InChI=1S/C24H25ClN4O3/c1-3-12-32-24(31)29-10-8-28(9-11-29)23(30)18-4-5-19-20(25)15-21(27-22(19)14-18)17-6-7-26-16(2)13-17/h4-7,13-15H,3,8-12H2,1-2H3. The van der Waals surface area contributed by atoms with Gasteiger partial charge in [0.15, 0.2) is 0 Å². The number of pyridine rings is 2. The third kappa shape index (κ3) is 4.67. The van der Waals surface area contributed by atoms with Crippen molar-refractivity contribution in [2.45, 2.75) is 20.3 Å². The minimum absolute atomic E-state index is 0.0865. The normalized spacial score (nSPS) is 14.0. The van der Waals surface area contributed by atoms with Crippen LogP contribution in [0.3, 0.4) is 0 Å². The number of ether oxygens (including phenoxy) is 1. The number of piperazine rings is 1. The van der Waals surface area contributed by atoms with Crippen molar-refractivity contribution in [3.05, 3.63) is 58.9 Å². The van der Waals surface area contributed by atoms with Crippen molar-refractivity contribution >= 4 is 34.5 Å². The zero-order chi connectivity index (χ0) is 22.7. The lowest BCUT2D eigenvalue weighted by molar-refractivity contribution is 0.0560. The molecule has 1 saturated heterocycles. The number of benzene rings is 1. The van der Waals surface area contributed by atoms with Crippen LogP contribution in [0.1, 0.15) is 29.4 Å². The Morgan fingerprint density at radius 1 is 1.06 bits per heavy atom. The Balaban J connectivity index is 1.53. The number of halogens is 1. The van der Waals surface area contributed by atoms with E-state index < -0.39 is 0 Å². The van der Waals surface area contributed by atoms with Crippen LogP contribution in [-0.2, 0) is 4.74 Å². The van der Waals surface area contributed by atoms with E-state index in [9.17, 15) is 9.59 Å². The van der Waals surface area contributed by atoms with Crippen LogP contribution in [0.25, 0.3) is 22.2 Å². The highest BCUT2D eigenvalue weighted by atomic mass is 35.5. The predicted octanol–water partition coefficient (Wildman–Crippen LogP) is 4.56. The fourth-order valence-electron chi connectivity index (χ4n) is 3.73. The molecular formula is C24H25ClN4O3. The molecule has 1 fully saturated rings. The number of aryl methyl sites for hydroxylation is 1. The van der Waals surface area contributed by atoms with Gasteiger partial charge in [-0.05, 0) is 43.7 Å². The SMILES string of the molecule is CCCOC(=O)N1CCN(C(=O)c2ccc3c(Cl)cc(-c4ccnc(C)c4)nc3c2)CC1. The molecule has 3 aromatic rings. The maximum Gasteiger partial charge on any atom is 0.409 e. The first kappa shape index (κ1) is 22.0. The van der Waals surface area contributed by atoms with Crippen LogP contribution in [0, 0.1) is 6.92 Å². The molecule has 2 amide bonds. The summed E-state index contributed by atoms with van der Waals surface area (Å²) in [4.78, 5) is 37.5. The Labute approximate surface area is 192 Å². The van der Waals surface area contributed by atoms with Crippen LogP contribution in [0.4, 0.5) is 4.79 Å². The summed E-state index contributed by atoms with van der Waals surface area (Å²) < 4.78 is 5.18. The molecule has 7 nitrogen and oxygen atoms in total. The number of fused-ring (bicyclic) bond motifs is 1. The molecular weight excluding hydrogens is 428 g/mol. The molecule has 0 N–H and O–H groups in total. The van der Waals surface area contributed by atoms with E-state index in [2.05, 4.69) is 4.98 Å². The minimum Gasteiger partial charge on any atom is -0.449 e. The topological polar surface area (TPSA) is 75.6 Å². The fourth-order valence-corrected chi connectivity index (χ4v) is 3.99. The number of hydrogen-bond acceptors (Lipinski definition) is 5. The van der Waals surface area contributed by atoms with E-state index >= 15 is 0 Å². The van der Waals surface area contributed by atoms with Gasteiger partial charge in [0.05, 0.1) is 22.8 Å². The molecule has 1 aliphatic rings. The summed E-state index contributed by atoms with van der Waals surface area (Å²) in [6.45, 7) is 6.12. The minimum atomic E-state index is -0.317. The number of rotatable bonds is 4. The monoisotopic (exact) mass is 452 g/mol. The summed E-state index contributed by atoms with van der Waals surface area (Å²) in [6.07, 6.45) is 2.21. The maximum absolute atomic E-state index is 13.1. The van der Waals surface area contributed by atoms with E-state index in [-0.39, 0.29) is 12.0 Å². The summed E-state index contributed by atoms with van der Waals surface area (Å²) in [7, 11) is 0. The van der Waals surface area contributed by atoms with Crippen LogP contribution < -0.4 is 0 Å². The van der Waals surface area contributed by atoms with E-state index in [1.54, 1.807) is 28.1 Å². The number of hydrogen-bond donors (Lipinski definition) is 0. The molecule has 0 unspecified atom stereocenters. The Morgan fingerprint density at radius 3 is 2.53 bits per heavy atom. The molecule has 0 spiro atoms.